The van der Waals surface area contributed by atoms with Crippen molar-refractivity contribution in [2.45, 2.75) is 6.92 Å². The van der Waals surface area contributed by atoms with Crippen LogP contribution in [0.1, 0.15) is 11.1 Å². The molecular formula is C17H17ClN2O4. The van der Waals surface area contributed by atoms with Crippen LogP contribution in [0.3, 0.4) is 0 Å². The number of nitrogens with two attached hydrogens (primary N) is 1. The van der Waals surface area contributed by atoms with Gasteiger partial charge in [-0.15, -0.1) is 0 Å². The fourth-order valence-electron chi connectivity index (χ4n) is 1.85. The first-order valence-electron chi connectivity index (χ1n) is 7.06. The highest BCUT2D eigenvalue weighted by Gasteiger charge is 2.08. The second-order valence-electron chi connectivity index (χ2n) is 4.87. The van der Waals surface area contributed by atoms with Crippen LogP contribution in [0.25, 0.3) is 0 Å². The van der Waals surface area contributed by atoms with Gasteiger partial charge in [-0.1, -0.05) is 16.8 Å². The zero-order valence-corrected chi connectivity index (χ0v) is 14.0. The van der Waals surface area contributed by atoms with E-state index in [0.29, 0.717) is 22.1 Å². The highest BCUT2D eigenvalue weighted by Crippen LogP contribution is 2.21. The maximum Gasteiger partial charge on any atom is 0.372 e. The Labute approximate surface area is 144 Å². The minimum absolute atomic E-state index is 0.0775. The molecule has 0 aliphatic heterocycles. The van der Waals surface area contributed by atoms with E-state index in [0.717, 1.165) is 5.56 Å². The number of hydrogen-bond acceptors (Lipinski definition) is 5. The molecule has 0 aromatic heterocycles. The van der Waals surface area contributed by atoms with Crippen LogP contribution in [0.2, 0.25) is 5.02 Å². The number of methoxy groups -OCH3 is 1. The number of oxime groups is 1. The Morgan fingerprint density at radius 3 is 2.54 bits per heavy atom. The average molecular weight is 349 g/mol. The van der Waals surface area contributed by atoms with E-state index in [2.05, 4.69) is 5.16 Å². The lowest BCUT2D eigenvalue weighted by Crippen LogP contribution is -2.18. The monoisotopic (exact) mass is 348 g/mol. The molecule has 0 atom stereocenters. The Morgan fingerprint density at radius 2 is 1.92 bits per heavy atom. The molecule has 2 aromatic carbocycles. The summed E-state index contributed by atoms with van der Waals surface area (Å²) in [5.41, 5.74) is 7.18. The number of halogens is 1. The summed E-state index contributed by atoms with van der Waals surface area (Å²) in [6.07, 6.45) is 0. The van der Waals surface area contributed by atoms with E-state index < -0.39 is 5.97 Å². The first-order valence-corrected chi connectivity index (χ1v) is 7.44. The third-order valence-corrected chi connectivity index (χ3v) is 3.35. The molecule has 24 heavy (non-hydrogen) atoms. The standard InChI is InChI=1S/C17H17ClN2O4/c1-11-9-13(18)5-8-15(11)23-10-16(21)24-20-17(19)12-3-6-14(22-2)7-4-12/h3-9H,10H2,1-2H3,(H2,19,20). The van der Waals surface area contributed by atoms with Crippen molar-refractivity contribution in [2.75, 3.05) is 13.7 Å². The van der Waals surface area contributed by atoms with Gasteiger partial charge < -0.3 is 20.0 Å². The Hall–Kier alpha value is -2.73. The summed E-state index contributed by atoms with van der Waals surface area (Å²) in [5, 5.41) is 4.20. The molecule has 0 bridgehead atoms. The molecule has 126 valence electrons. The number of ether oxygens (including phenoxy) is 2. The van der Waals surface area contributed by atoms with E-state index in [1.165, 1.54) is 0 Å². The van der Waals surface area contributed by atoms with Crippen LogP contribution < -0.4 is 15.2 Å². The van der Waals surface area contributed by atoms with Crippen LogP contribution in [0.4, 0.5) is 0 Å². The Morgan fingerprint density at radius 1 is 1.21 bits per heavy atom. The third kappa shape index (κ3) is 4.89. The van der Waals surface area contributed by atoms with Gasteiger partial charge in [-0.2, -0.15) is 0 Å². The van der Waals surface area contributed by atoms with E-state index in [-0.39, 0.29) is 12.4 Å². The highest BCUT2D eigenvalue weighted by atomic mass is 35.5. The highest BCUT2D eigenvalue weighted by molar-refractivity contribution is 6.30. The van der Waals surface area contributed by atoms with Gasteiger partial charge in [-0.25, -0.2) is 4.79 Å². The number of amidine groups is 1. The van der Waals surface area contributed by atoms with Crippen molar-refractivity contribution in [1.29, 1.82) is 0 Å². The number of hydrogen-bond donors (Lipinski definition) is 1. The van der Waals surface area contributed by atoms with Crippen molar-refractivity contribution >= 4 is 23.4 Å². The van der Waals surface area contributed by atoms with E-state index >= 15 is 0 Å². The topological polar surface area (TPSA) is 83.1 Å². The van der Waals surface area contributed by atoms with Crippen LogP contribution in [0, 0.1) is 6.92 Å². The van der Waals surface area contributed by atoms with Crippen molar-refractivity contribution in [2.24, 2.45) is 10.9 Å². The van der Waals surface area contributed by atoms with Crippen LogP contribution in [0.15, 0.2) is 47.6 Å². The van der Waals surface area contributed by atoms with Gasteiger partial charge in [0.15, 0.2) is 12.4 Å². The number of benzene rings is 2. The maximum absolute atomic E-state index is 11.7. The number of nitrogens with zero attached hydrogens (tertiary/aromatic N) is 1. The number of carbonyl (C=O) groups is 1. The van der Waals surface area contributed by atoms with Gasteiger partial charge in [0, 0.05) is 10.6 Å². The SMILES string of the molecule is COc1ccc(/C(N)=N/OC(=O)COc2ccc(Cl)cc2C)cc1. The molecule has 0 aliphatic rings. The predicted octanol–water partition coefficient (Wildman–Crippen LogP) is 2.90. The Balaban J connectivity index is 1.89. The van der Waals surface area contributed by atoms with Gasteiger partial charge in [0.1, 0.15) is 11.5 Å². The lowest BCUT2D eigenvalue weighted by atomic mass is 10.2. The molecule has 2 rings (SSSR count). The van der Waals surface area contributed by atoms with Crippen molar-refractivity contribution in [1.82, 2.24) is 0 Å². The number of aryl methyl sites for hydroxylation is 1. The van der Waals surface area contributed by atoms with Gasteiger partial charge in [-0.3, -0.25) is 0 Å². The van der Waals surface area contributed by atoms with E-state index in [9.17, 15) is 4.79 Å². The minimum Gasteiger partial charge on any atom is -0.497 e. The Kier molecular flexibility index (Phi) is 6.03. The normalized spacial score (nSPS) is 11.0. The number of carbonyl (C=O) groups excluding carboxylic acids is 1. The summed E-state index contributed by atoms with van der Waals surface area (Å²) < 4.78 is 10.4. The lowest BCUT2D eigenvalue weighted by Gasteiger charge is -2.07. The molecular weight excluding hydrogens is 332 g/mol. The predicted molar refractivity (Wildman–Crippen MR) is 91.5 cm³/mol. The van der Waals surface area contributed by atoms with Crippen LogP contribution in [-0.4, -0.2) is 25.5 Å². The average Bonchev–Trinajstić information content (AvgIpc) is 2.59. The van der Waals surface area contributed by atoms with Crippen LogP contribution >= 0.6 is 11.6 Å². The van der Waals surface area contributed by atoms with Gasteiger partial charge >= 0.3 is 5.97 Å². The molecule has 6 nitrogen and oxygen atoms in total. The van der Waals surface area contributed by atoms with Gasteiger partial charge in [0.2, 0.25) is 0 Å². The molecule has 7 heteroatoms. The summed E-state index contributed by atoms with van der Waals surface area (Å²) in [7, 11) is 1.57. The summed E-state index contributed by atoms with van der Waals surface area (Å²) in [4.78, 5) is 16.4. The van der Waals surface area contributed by atoms with Crippen molar-refractivity contribution in [3.63, 3.8) is 0 Å². The first kappa shape index (κ1) is 17.6. The summed E-state index contributed by atoms with van der Waals surface area (Å²) >= 11 is 5.85. The maximum atomic E-state index is 11.7. The molecule has 0 aliphatic carbocycles. The minimum atomic E-state index is -0.666. The first-order chi connectivity index (χ1) is 11.5. The molecule has 0 saturated carbocycles. The summed E-state index contributed by atoms with van der Waals surface area (Å²) in [6.45, 7) is 1.54. The molecule has 0 unspecified atom stereocenters. The fraction of sp³-hybridized carbons (Fsp3) is 0.176. The quantitative estimate of drug-likeness (QED) is 0.375. The van der Waals surface area contributed by atoms with Crippen molar-refractivity contribution in [3.8, 4) is 11.5 Å². The van der Waals surface area contributed by atoms with E-state index in [1.54, 1.807) is 49.6 Å². The molecule has 0 fully saturated rings. The van der Waals surface area contributed by atoms with E-state index in [1.807, 2.05) is 6.92 Å². The summed E-state index contributed by atoms with van der Waals surface area (Å²) in [6, 6.07) is 12.0. The molecule has 0 amide bonds. The Bertz CT molecular complexity index is 745. The summed E-state index contributed by atoms with van der Waals surface area (Å²) in [5.74, 6) is 0.647. The second-order valence-corrected chi connectivity index (χ2v) is 5.30. The van der Waals surface area contributed by atoms with Crippen molar-refractivity contribution < 1.29 is 19.1 Å². The lowest BCUT2D eigenvalue weighted by molar-refractivity contribution is -0.146. The van der Waals surface area contributed by atoms with Gasteiger partial charge in [0.05, 0.1) is 7.11 Å². The molecule has 2 N–H and O–H groups in total. The third-order valence-electron chi connectivity index (χ3n) is 3.11. The smallest absolute Gasteiger partial charge is 0.372 e. The molecule has 0 saturated heterocycles. The van der Waals surface area contributed by atoms with E-state index in [4.69, 9.17) is 31.6 Å². The zero-order valence-electron chi connectivity index (χ0n) is 13.3. The molecule has 0 spiro atoms. The second kappa shape index (κ2) is 8.21. The number of rotatable bonds is 6. The van der Waals surface area contributed by atoms with Crippen LogP contribution in [-0.2, 0) is 9.63 Å². The van der Waals surface area contributed by atoms with Gasteiger partial charge in [0.25, 0.3) is 0 Å². The van der Waals surface area contributed by atoms with Gasteiger partial charge in [-0.05, 0) is 55.0 Å². The molecule has 2 aromatic rings. The fourth-order valence-corrected chi connectivity index (χ4v) is 2.08. The van der Waals surface area contributed by atoms with Crippen molar-refractivity contribution in [3.05, 3.63) is 58.6 Å². The van der Waals surface area contributed by atoms with Crippen LogP contribution in [0.5, 0.6) is 11.5 Å². The zero-order chi connectivity index (χ0) is 17.5. The molecule has 0 heterocycles. The largest absolute Gasteiger partial charge is 0.497 e. The molecule has 0 radical (unpaired) electrons.